The molecule has 4 heavy (non-hydrogen) atoms. The predicted molar refractivity (Wildman–Crippen MR) is 29.6 cm³/mol. The highest BCUT2D eigenvalue weighted by Crippen LogP contribution is 1.97. The van der Waals surface area contributed by atoms with E-state index in [2.05, 4.69) is 18.2 Å². The first-order valence-electron chi connectivity index (χ1n) is 0.996. The maximum absolute atomic E-state index is 3.87. The van der Waals surface area contributed by atoms with Gasteiger partial charge < -0.3 is 0 Å². The molecule has 0 bridgehead atoms. The van der Waals surface area contributed by atoms with Crippen LogP contribution in [0.2, 0.25) is 6.55 Å². The molecular weight excluding hydrogens is 104 g/mol. The SMILES string of the molecule is C[SiH]SS. The van der Waals surface area contributed by atoms with E-state index in [1.54, 1.807) is 10.2 Å². The Morgan fingerprint density at radius 1 is 2.00 bits per heavy atom. The van der Waals surface area contributed by atoms with E-state index in [9.17, 15) is 0 Å². The zero-order chi connectivity index (χ0) is 3.41. The van der Waals surface area contributed by atoms with Gasteiger partial charge >= 0.3 is 0 Å². The molecule has 0 rings (SSSR count). The summed E-state index contributed by atoms with van der Waals surface area (Å²) in [5.41, 5.74) is 0. The standard InChI is InChI=1S/CH5S2Si/c1-4-3-2/h2,4H,1H3. The van der Waals surface area contributed by atoms with Gasteiger partial charge in [-0.3, -0.25) is 0 Å². The van der Waals surface area contributed by atoms with Gasteiger partial charge in [0.25, 0.3) is 0 Å². The third kappa shape index (κ3) is 2.92. The van der Waals surface area contributed by atoms with Crippen LogP contribution < -0.4 is 0 Å². The van der Waals surface area contributed by atoms with Crippen LogP contribution in [0.15, 0.2) is 0 Å². The second kappa shape index (κ2) is 3.92. The van der Waals surface area contributed by atoms with Gasteiger partial charge in [-0.15, -0.1) is 21.9 Å². The Balaban J connectivity index is 1.97. The van der Waals surface area contributed by atoms with Crippen LogP contribution in [0.25, 0.3) is 0 Å². The Labute approximate surface area is 37.6 Å². The van der Waals surface area contributed by atoms with Gasteiger partial charge in [-0.1, -0.05) is 6.55 Å². The van der Waals surface area contributed by atoms with Gasteiger partial charge in [-0.05, 0) is 0 Å². The molecule has 0 aliphatic carbocycles. The first-order valence-corrected chi connectivity index (χ1v) is 5.50. The molecule has 0 saturated carbocycles. The van der Waals surface area contributed by atoms with E-state index >= 15 is 0 Å². The lowest BCUT2D eigenvalue weighted by Crippen LogP contribution is -1.53. The van der Waals surface area contributed by atoms with Crippen molar-refractivity contribution in [3.63, 3.8) is 0 Å². The summed E-state index contributed by atoms with van der Waals surface area (Å²) in [5.74, 6) is 0. The fourth-order valence-corrected chi connectivity index (χ4v) is 0. The van der Waals surface area contributed by atoms with Gasteiger partial charge in [-0.2, -0.15) is 0 Å². The van der Waals surface area contributed by atoms with Gasteiger partial charge in [0.1, 0.15) is 8.67 Å². The highest BCUT2D eigenvalue weighted by Gasteiger charge is 1.59. The fourth-order valence-electron chi connectivity index (χ4n) is 0. The van der Waals surface area contributed by atoms with Crippen molar-refractivity contribution in [2.24, 2.45) is 0 Å². The number of rotatable bonds is 1. The van der Waals surface area contributed by atoms with Gasteiger partial charge in [0.05, 0.1) is 0 Å². The Hall–Kier alpha value is 0.917. The van der Waals surface area contributed by atoms with Crippen LogP contribution in [0.3, 0.4) is 0 Å². The first kappa shape index (κ1) is 4.92. The normalized spacial score (nSPS) is 7.50. The average molecular weight is 109 g/mol. The summed E-state index contributed by atoms with van der Waals surface area (Å²) in [5, 5.41) is 0. The Morgan fingerprint density at radius 2 is 2.25 bits per heavy atom. The van der Waals surface area contributed by atoms with E-state index in [0.29, 0.717) is 8.67 Å². The Bertz CT molecular complexity index is 8.00. The number of hydrogen-bond acceptors (Lipinski definition) is 2. The molecule has 0 nitrogen and oxygen atoms in total. The monoisotopic (exact) mass is 109 g/mol. The summed E-state index contributed by atoms with van der Waals surface area (Å²) >= 11 is 3.87. The molecular formula is CH5S2Si. The van der Waals surface area contributed by atoms with Crippen LogP contribution in [0, 0.1) is 0 Å². The van der Waals surface area contributed by atoms with E-state index in [0.717, 1.165) is 0 Å². The third-order valence-electron chi connectivity index (χ3n) is 0.105. The zero-order valence-corrected chi connectivity index (χ0v) is 5.30. The summed E-state index contributed by atoms with van der Waals surface area (Å²) in [6.45, 7) is 2.15. The molecule has 3 heteroatoms. The van der Waals surface area contributed by atoms with E-state index in [1.165, 1.54) is 0 Å². The number of hydrogen-bond donors (Lipinski definition) is 1. The molecule has 1 radical (unpaired) electrons. The second-order valence-electron chi connectivity index (χ2n) is 0.341. The highest BCUT2D eigenvalue weighted by atomic mass is 33.2. The highest BCUT2D eigenvalue weighted by molar-refractivity contribution is 8.78. The van der Waals surface area contributed by atoms with E-state index < -0.39 is 0 Å². The maximum Gasteiger partial charge on any atom is 0.114 e. The summed E-state index contributed by atoms with van der Waals surface area (Å²) in [4.78, 5) is 0. The van der Waals surface area contributed by atoms with Gasteiger partial charge in [-0.25, -0.2) is 0 Å². The molecule has 0 unspecified atom stereocenters. The minimum absolute atomic E-state index is 0.563. The Morgan fingerprint density at radius 3 is 2.25 bits per heavy atom. The van der Waals surface area contributed by atoms with Crippen molar-refractivity contribution >= 4 is 30.6 Å². The molecule has 25 valence electrons. The summed E-state index contributed by atoms with van der Waals surface area (Å²) in [6.07, 6.45) is 0. The average Bonchev–Trinajstić information content (AvgIpc) is 1.37. The van der Waals surface area contributed by atoms with Crippen molar-refractivity contribution in [1.29, 1.82) is 0 Å². The van der Waals surface area contributed by atoms with Crippen LogP contribution >= 0.6 is 21.9 Å². The molecule has 0 aliphatic heterocycles. The smallest absolute Gasteiger partial charge is 0.114 e. The molecule has 0 saturated heterocycles. The predicted octanol–water partition coefficient (Wildman–Crippen LogP) is 0.964. The quantitative estimate of drug-likeness (QED) is 0.297. The minimum atomic E-state index is 0.563. The van der Waals surface area contributed by atoms with Crippen LogP contribution in [-0.2, 0) is 0 Å². The summed E-state index contributed by atoms with van der Waals surface area (Å²) in [6, 6.07) is 0. The number of thiol groups is 1. The zero-order valence-electron chi connectivity index (χ0n) is 2.43. The molecule has 0 spiro atoms. The Kier molecular flexibility index (Phi) is 4.81. The van der Waals surface area contributed by atoms with Gasteiger partial charge in [0.2, 0.25) is 0 Å². The first-order chi connectivity index (χ1) is 1.91. The molecule has 0 aromatic rings. The van der Waals surface area contributed by atoms with Crippen molar-refractivity contribution in [3.8, 4) is 0 Å². The van der Waals surface area contributed by atoms with Crippen molar-refractivity contribution in [2.75, 3.05) is 0 Å². The molecule has 0 amide bonds. The lowest BCUT2D eigenvalue weighted by atomic mass is 11.9. The van der Waals surface area contributed by atoms with Crippen LogP contribution in [-0.4, -0.2) is 8.67 Å². The van der Waals surface area contributed by atoms with Crippen LogP contribution in [0.1, 0.15) is 0 Å². The minimum Gasteiger partial charge on any atom is -0.131 e. The van der Waals surface area contributed by atoms with Crippen LogP contribution in [0.5, 0.6) is 0 Å². The van der Waals surface area contributed by atoms with E-state index in [4.69, 9.17) is 0 Å². The molecule has 0 heterocycles. The van der Waals surface area contributed by atoms with E-state index in [-0.39, 0.29) is 0 Å². The van der Waals surface area contributed by atoms with Gasteiger partial charge in [0, 0.05) is 0 Å². The lowest BCUT2D eigenvalue weighted by Gasteiger charge is -1.66. The largest absolute Gasteiger partial charge is 0.131 e. The lowest BCUT2D eigenvalue weighted by molar-refractivity contribution is 2.38. The third-order valence-corrected chi connectivity index (χ3v) is 2.85. The molecule has 0 atom stereocenters. The molecule has 0 N–H and O–H groups in total. The van der Waals surface area contributed by atoms with Crippen molar-refractivity contribution in [3.05, 3.63) is 0 Å². The molecule has 0 aromatic carbocycles. The van der Waals surface area contributed by atoms with Gasteiger partial charge in [0.15, 0.2) is 0 Å². The van der Waals surface area contributed by atoms with E-state index in [1.807, 2.05) is 0 Å². The molecule has 0 aromatic heterocycles. The van der Waals surface area contributed by atoms with Crippen molar-refractivity contribution < 1.29 is 0 Å². The second-order valence-corrected chi connectivity index (χ2v) is 4.97. The van der Waals surface area contributed by atoms with Crippen molar-refractivity contribution in [1.82, 2.24) is 0 Å². The molecule has 0 aliphatic rings. The molecule has 0 fully saturated rings. The van der Waals surface area contributed by atoms with Crippen molar-refractivity contribution in [2.45, 2.75) is 6.55 Å². The maximum atomic E-state index is 3.87. The summed E-state index contributed by atoms with van der Waals surface area (Å²) < 4.78 is 0. The summed E-state index contributed by atoms with van der Waals surface area (Å²) in [7, 11) is 2.20. The fraction of sp³-hybridized carbons (Fsp3) is 1.00. The topological polar surface area (TPSA) is 0 Å². The van der Waals surface area contributed by atoms with Crippen LogP contribution in [0.4, 0.5) is 0 Å².